The van der Waals surface area contributed by atoms with Gasteiger partial charge >= 0.3 is 0 Å². The average molecular weight is 375 g/mol. The first kappa shape index (κ1) is 19.1. The summed E-state index contributed by atoms with van der Waals surface area (Å²) in [5.41, 5.74) is 2.62. The number of anilines is 1. The smallest absolute Gasteiger partial charge is 0.271 e. The number of rotatable bonds is 8. The molecule has 1 N–H and O–H groups in total. The van der Waals surface area contributed by atoms with Crippen LogP contribution in [0.25, 0.3) is 0 Å². The first-order valence-electron chi connectivity index (χ1n) is 8.96. The molecule has 1 amide bonds. The van der Waals surface area contributed by atoms with E-state index >= 15 is 0 Å². The van der Waals surface area contributed by atoms with Crippen LogP contribution in [0.4, 0.5) is 11.4 Å². The molecule has 0 radical (unpaired) electrons. The van der Waals surface area contributed by atoms with E-state index in [4.69, 9.17) is 0 Å². The Labute approximate surface area is 163 Å². The van der Waals surface area contributed by atoms with E-state index in [9.17, 15) is 14.9 Å². The van der Waals surface area contributed by atoms with E-state index < -0.39 is 4.92 Å². The van der Waals surface area contributed by atoms with Gasteiger partial charge in [0, 0.05) is 30.9 Å². The molecule has 0 heterocycles. The Balaban J connectivity index is 1.70. The summed E-state index contributed by atoms with van der Waals surface area (Å²) in [5.74, 6) is -0.0841. The number of hydrogen-bond acceptors (Lipinski definition) is 4. The highest BCUT2D eigenvalue weighted by atomic mass is 16.6. The van der Waals surface area contributed by atoms with E-state index in [1.54, 1.807) is 17.0 Å². The van der Waals surface area contributed by atoms with Gasteiger partial charge in [-0.25, -0.2) is 0 Å². The van der Waals surface area contributed by atoms with Crippen LogP contribution in [0, 0.1) is 10.1 Å². The van der Waals surface area contributed by atoms with Crippen molar-refractivity contribution in [2.24, 2.45) is 0 Å². The minimum atomic E-state index is -0.454. The molecule has 28 heavy (non-hydrogen) atoms. The van der Waals surface area contributed by atoms with Crippen LogP contribution in [0.15, 0.2) is 84.9 Å². The van der Waals surface area contributed by atoms with Crippen molar-refractivity contribution in [3.05, 3.63) is 106 Å². The number of amides is 1. The van der Waals surface area contributed by atoms with Crippen LogP contribution in [-0.4, -0.2) is 22.3 Å². The number of nitro benzene ring substituents is 1. The molecule has 142 valence electrons. The summed E-state index contributed by atoms with van der Waals surface area (Å²) in [6.07, 6.45) is 0. The third-order valence-electron chi connectivity index (χ3n) is 4.29. The van der Waals surface area contributed by atoms with Gasteiger partial charge in [0.15, 0.2) is 0 Å². The highest BCUT2D eigenvalue weighted by molar-refractivity contribution is 5.81. The van der Waals surface area contributed by atoms with Crippen LogP contribution in [0.3, 0.4) is 0 Å². The van der Waals surface area contributed by atoms with Gasteiger partial charge in [0.2, 0.25) is 5.91 Å². The Bertz CT molecular complexity index is 889. The first-order valence-corrected chi connectivity index (χ1v) is 8.96. The lowest BCUT2D eigenvalue weighted by Gasteiger charge is -2.23. The molecular formula is C22H21N3O3. The highest BCUT2D eigenvalue weighted by Gasteiger charge is 2.15. The maximum absolute atomic E-state index is 12.9. The molecule has 3 aromatic carbocycles. The summed E-state index contributed by atoms with van der Waals surface area (Å²) >= 11 is 0. The second kappa shape index (κ2) is 9.32. The number of nitrogens with one attached hydrogen (secondary N) is 1. The maximum atomic E-state index is 12.9. The lowest BCUT2D eigenvalue weighted by Crippen LogP contribution is -2.34. The van der Waals surface area contributed by atoms with Crippen molar-refractivity contribution in [3.63, 3.8) is 0 Å². The topological polar surface area (TPSA) is 75.5 Å². The van der Waals surface area contributed by atoms with Gasteiger partial charge in [-0.2, -0.15) is 0 Å². The lowest BCUT2D eigenvalue weighted by atomic mass is 10.1. The van der Waals surface area contributed by atoms with Gasteiger partial charge in [-0.05, 0) is 17.2 Å². The second-order valence-corrected chi connectivity index (χ2v) is 6.38. The van der Waals surface area contributed by atoms with E-state index in [-0.39, 0.29) is 18.1 Å². The van der Waals surface area contributed by atoms with Gasteiger partial charge in [0.05, 0.1) is 11.5 Å². The number of carbonyl (C=O) groups is 1. The van der Waals surface area contributed by atoms with Gasteiger partial charge in [-0.15, -0.1) is 0 Å². The second-order valence-electron chi connectivity index (χ2n) is 6.38. The van der Waals surface area contributed by atoms with Gasteiger partial charge in [0.1, 0.15) is 0 Å². The molecule has 0 fully saturated rings. The first-order chi connectivity index (χ1) is 13.6. The maximum Gasteiger partial charge on any atom is 0.271 e. The fourth-order valence-electron chi connectivity index (χ4n) is 2.86. The van der Waals surface area contributed by atoms with Crippen molar-refractivity contribution >= 4 is 17.3 Å². The van der Waals surface area contributed by atoms with Gasteiger partial charge in [-0.1, -0.05) is 66.7 Å². The Kier molecular flexibility index (Phi) is 6.36. The normalized spacial score (nSPS) is 10.3. The number of non-ortho nitro benzene ring substituents is 1. The molecule has 0 atom stereocenters. The molecule has 3 rings (SSSR count). The van der Waals surface area contributed by atoms with E-state index in [0.717, 1.165) is 11.1 Å². The largest absolute Gasteiger partial charge is 0.376 e. The quantitative estimate of drug-likeness (QED) is 0.472. The van der Waals surface area contributed by atoms with Gasteiger partial charge in [-0.3, -0.25) is 14.9 Å². The molecule has 6 heteroatoms. The van der Waals surface area contributed by atoms with E-state index in [1.165, 1.54) is 12.1 Å². The predicted molar refractivity (Wildman–Crippen MR) is 109 cm³/mol. The van der Waals surface area contributed by atoms with Crippen molar-refractivity contribution in [2.75, 3.05) is 11.9 Å². The lowest BCUT2D eigenvalue weighted by molar-refractivity contribution is -0.384. The van der Waals surface area contributed by atoms with Crippen LogP contribution in [0.2, 0.25) is 0 Å². The monoisotopic (exact) mass is 375 g/mol. The van der Waals surface area contributed by atoms with Crippen molar-refractivity contribution < 1.29 is 9.72 Å². The Hall–Kier alpha value is -3.67. The number of hydrogen-bond donors (Lipinski definition) is 1. The summed E-state index contributed by atoms with van der Waals surface area (Å²) in [5, 5.41) is 13.9. The van der Waals surface area contributed by atoms with E-state index in [0.29, 0.717) is 18.8 Å². The zero-order chi connectivity index (χ0) is 19.8. The highest BCUT2D eigenvalue weighted by Crippen LogP contribution is 2.17. The zero-order valence-electron chi connectivity index (χ0n) is 15.3. The van der Waals surface area contributed by atoms with Crippen LogP contribution in [0.1, 0.15) is 11.1 Å². The van der Waals surface area contributed by atoms with Crippen molar-refractivity contribution in [1.82, 2.24) is 4.90 Å². The Morgan fingerprint density at radius 1 is 0.857 bits per heavy atom. The summed E-state index contributed by atoms with van der Waals surface area (Å²) < 4.78 is 0. The molecule has 6 nitrogen and oxygen atoms in total. The molecule has 0 saturated heterocycles. The number of nitro groups is 1. The summed E-state index contributed by atoms with van der Waals surface area (Å²) in [6.45, 7) is 1.04. The molecule has 0 aliphatic carbocycles. The summed E-state index contributed by atoms with van der Waals surface area (Å²) in [7, 11) is 0. The van der Waals surface area contributed by atoms with Crippen LogP contribution in [-0.2, 0) is 17.9 Å². The molecule has 0 aromatic heterocycles. The van der Waals surface area contributed by atoms with Crippen LogP contribution < -0.4 is 5.32 Å². The third kappa shape index (κ3) is 5.41. The molecule has 0 unspecified atom stereocenters. The molecule has 0 bridgehead atoms. The van der Waals surface area contributed by atoms with E-state index in [2.05, 4.69) is 5.32 Å². The summed E-state index contributed by atoms with van der Waals surface area (Å²) in [6, 6.07) is 25.8. The minimum absolute atomic E-state index is 0.0112. The zero-order valence-corrected chi connectivity index (χ0v) is 15.3. The fourth-order valence-corrected chi connectivity index (χ4v) is 2.86. The molecule has 3 aromatic rings. The minimum Gasteiger partial charge on any atom is -0.376 e. The molecule has 0 aliphatic heterocycles. The van der Waals surface area contributed by atoms with Crippen molar-refractivity contribution in [1.29, 1.82) is 0 Å². The number of nitrogens with zero attached hydrogens (tertiary/aromatic N) is 2. The van der Waals surface area contributed by atoms with Crippen LogP contribution in [0.5, 0.6) is 0 Å². The average Bonchev–Trinajstić information content (AvgIpc) is 2.73. The van der Waals surface area contributed by atoms with E-state index in [1.807, 2.05) is 60.7 Å². The fraction of sp³-hybridized carbons (Fsp3) is 0.136. The third-order valence-corrected chi connectivity index (χ3v) is 4.29. The summed E-state index contributed by atoms with van der Waals surface area (Å²) in [4.78, 5) is 25.1. The van der Waals surface area contributed by atoms with Crippen molar-refractivity contribution in [2.45, 2.75) is 13.1 Å². The van der Waals surface area contributed by atoms with Crippen molar-refractivity contribution in [3.8, 4) is 0 Å². The predicted octanol–water partition coefficient (Wildman–Crippen LogP) is 4.24. The Morgan fingerprint density at radius 2 is 1.43 bits per heavy atom. The molecule has 0 aliphatic rings. The molecule has 0 spiro atoms. The SMILES string of the molecule is O=C(CNc1cccc([N+](=O)[O-])c1)N(Cc1ccccc1)Cc1ccccc1. The number of carbonyl (C=O) groups excluding carboxylic acids is 1. The molecule has 0 saturated carbocycles. The van der Waals surface area contributed by atoms with Crippen LogP contribution >= 0.6 is 0 Å². The number of benzene rings is 3. The molecular weight excluding hydrogens is 354 g/mol. The Morgan fingerprint density at radius 3 is 1.96 bits per heavy atom. The standard InChI is InChI=1S/C22H21N3O3/c26-22(15-23-20-12-7-13-21(14-20)25(27)28)24(16-18-8-3-1-4-9-18)17-19-10-5-2-6-11-19/h1-14,23H,15-17H2. The van der Waals surface area contributed by atoms with Gasteiger partial charge < -0.3 is 10.2 Å². The van der Waals surface area contributed by atoms with Gasteiger partial charge in [0.25, 0.3) is 5.69 Å².